The number of nitrogen functional groups attached to an aromatic ring is 1. The first-order valence-electron chi connectivity index (χ1n) is 4.55. The highest BCUT2D eigenvalue weighted by Gasteiger charge is 2.29. The molecule has 84 valence electrons. The first-order valence-corrected chi connectivity index (χ1v) is 4.55. The van der Waals surface area contributed by atoms with E-state index in [0.717, 1.165) is 0 Å². The maximum Gasteiger partial charge on any atom is 0.391 e. The van der Waals surface area contributed by atoms with Gasteiger partial charge in [-0.05, 0) is 31.2 Å². The van der Waals surface area contributed by atoms with Crippen LogP contribution in [-0.4, -0.2) is 12.2 Å². The normalized spacial score (nSPS) is 13.6. The molecule has 1 aromatic rings. The highest BCUT2D eigenvalue weighted by atomic mass is 19.4. The van der Waals surface area contributed by atoms with Crippen molar-refractivity contribution in [3.8, 4) is 0 Å². The van der Waals surface area contributed by atoms with Gasteiger partial charge in [-0.2, -0.15) is 13.2 Å². The third-order valence-corrected chi connectivity index (χ3v) is 1.86. The second-order valence-electron chi connectivity index (χ2n) is 3.49. The van der Waals surface area contributed by atoms with Crippen LogP contribution in [0.3, 0.4) is 0 Å². The largest absolute Gasteiger partial charge is 0.399 e. The summed E-state index contributed by atoms with van der Waals surface area (Å²) in [7, 11) is 0. The van der Waals surface area contributed by atoms with Crippen LogP contribution in [0.5, 0.6) is 0 Å². The van der Waals surface area contributed by atoms with Gasteiger partial charge in [0.2, 0.25) is 0 Å². The van der Waals surface area contributed by atoms with Crippen LogP contribution in [0.15, 0.2) is 24.3 Å². The zero-order valence-electron chi connectivity index (χ0n) is 8.31. The second kappa shape index (κ2) is 4.42. The van der Waals surface area contributed by atoms with Crippen LogP contribution in [0.4, 0.5) is 24.5 Å². The van der Waals surface area contributed by atoms with E-state index in [0.29, 0.717) is 11.4 Å². The first-order chi connectivity index (χ1) is 6.87. The van der Waals surface area contributed by atoms with Crippen molar-refractivity contribution in [2.75, 3.05) is 11.1 Å². The van der Waals surface area contributed by atoms with Crippen molar-refractivity contribution in [3.05, 3.63) is 24.3 Å². The van der Waals surface area contributed by atoms with Gasteiger partial charge in [-0.3, -0.25) is 0 Å². The molecule has 0 saturated carbocycles. The lowest BCUT2D eigenvalue weighted by Crippen LogP contribution is -2.23. The average Bonchev–Trinajstić information content (AvgIpc) is 2.05. The van der Waals surface area contributed by atoms with E-state index >= 15 is 0 Å². The number of hydrogen-bond acceptors (Lipinski definition) is 2. The molecule has 0 fully saturated rings. The number of benzene rings is 1. The molecule has 0 spiro atoms. The van der Waals surface area contributed by atoms with Crippen LogP contribution in [0.25, 0.3) is 0 Å². The number of anilines is 2. The quantitative estimate of drug-likeness (QED) is 0.765. The summed E-state index contributed by atoms with van der Waals surface area (Å²) in [5, 5.41) is 2.75. The zero-order chi connectivity index (χ0) is 11.5. The molecule has 0 aliphatic heterocycles. The monoisotopic (exact) mass is 218 g/mol. The molecular weight excluding hydrogens is 205 g/mol. The maximum atomic E-state index is 12.0. The Morgan fingerprint density at radius 2 is 1.80 bits per heavy atom. The maximum absolute atomic E-state index is 12.0. The molecule has 0 aromatic heterocycles. The van der Waals surface area contributed by atoms with Gasteiger partial charge in [0.05, 0.1) is 6.42 Å². The van der Waals surface area contributed by atoms with Crippen molar-refractivity contribution in [1.29, 1.82) is 0 Å². The van der Waals surface area contributed by atoms with E-state index in [9.17, 15) is 13.2 Å². The molecule has 0 amide bonds. The van der Waals surface area contributed by atoms with Crippen LogP contribution >= 0.6 is 0 Å². The minimum atomic E-state index is -4.14. The van der Waals surface area contributed by atoms with Crippen molar-refractivity contribution in [2.45, 2.75) is 25.6 Å². The molecule has 2 nitrogen and oxygen atoms in total. The van der Waals surface area contributed by atoms with Crippen molar-refractivity contribution in [1.82, 2.24) is 0 Å². The molecule has 0 heterocycles. The van der Waals surface area contributed by atoms with Crippen LogP contribution in [0.2, 0.25) is 0 Å². The molecule has 1 aromatic carbocycles. The lowest BCUT2D eigenvalue weighted by atomic mass is 10.2. The van der Waals surface area contributed by atoms with Gasteiger partial charge < -0.3 is 11.1 Å². The summed E-state index contributed by atoms with van der Waals surface area (Å²) in [6.45, 7) is 1.49. The van der Waals surface area contributed by atoms with Crippen molar-refractivity contribution in [3.63, 3.8) is 0 Å². The summed E-state index contributed by atoms with van der Waals surface area (Å²) < 4.78 is 36.0. The topological polar surface area (TPSA) is 38.0 Å². The molecule has 0 saturated heterocycles. The molecule has 1 atom stereocenters. The van der Waals surface area contributed by atoms with E-state index in [2.05, 4.69) is 5.32 Å². The molecule has 3 N–H and O–H groups in total. The van der Waals surface area contributed by atoms with E-state index in [-0.39, 0.29) is 0 Å². The fraction of sp³-hybridized carbons (Fsp3) is 0.400. The molecule has 5 heteroatoms. The molecule has 1 rings (SSSR count). The summed E-state index contributed by atoms with van der Waals surface area (Å²) in [4.78, 5) is 0. The van der Waals surface area contributed by atoms with Gasteiger partial charge in [0.25, 0.3) is 0 Å². The summed E-state index contributed by atoms with van der Waals surface area (Å²) in [6.07, 6.45) is -4.99. The Morgan fingerprint density at radius 3 is 2.27 bits per heavy atom. The van der Waals surface area contributed by atoms with Gasteiger partial charge in [-0.1, -0.05) is 0 Å². The van der Waals surface area contributed by atoms with Gasteiger partial charge >= 0.3 is 6.18 Å². The minimum Gasteiger partial charge on any atom is -0.399 e. The van der Waals surface area contributed by atoms with E-state index in [1.54, 1.807) is 24.3 Å². The average molecular weight is 218 g/mol. The molecular formula is C10H13F3N2. The van der Waals surface area contributed by atoms with E-state index in [1.165, 1.54) is 6.92 Å². The van der Waals surface area contributed by atoms with Crippen molar-refractivity contribution in [2.24, 2.45) is 0 Å². The number of alkyl halides is 3. The number of halogens is 3. The Bertz CT molecular complexity index is 305. The van der Waals surface area contributed by atoms with E-state index in [4.69, 9.17) is 5.73 Å². The first kappa shape index (κ1) is 11.7. The molecule has 1 unspecified atom stereocenters. The predicted molar refractivity (Wildman–Crippen MR) is 54.6 cm³/mol. The summed E-state index contributed by atoms with van der Waals surface area (Å²) in [5.74, 6) is 0. The third-order valence-electron chi connectivity index (χ3n) is 1.86. The molecule has 0 radical (unpaired) electrons. The summed E-state index contributed by atoms with van der Waals surface area (Å²) in [5.41, 5.74) is 6.68. The van der Waals surface area contributed by atoms with Gasteiger partial charge in [-0.25, -0.2) is 0 Å². The minimum absolute atomic E-state index is 0.587. The van der Waals surface area contributed by atoms with Gasteiger partial charge in [0.1, 0.15) is 0 Å². The van der Waals surface area contributed by atoms with Crippen molar-refractivity contribution < 1.29 is 13.2 Å². The number of nitrogens with one attached hydrogen (secondary N) is 1. The summed E-state index contributed by atoms with van der Waals surface area (Å²) in [6, 6.07) is 5.95. The molecule has 0 aliphatic rings. The van der Waals surface area contributed by atoms with Gasteiger partial charge in [0, 0.05) is 17.4 Å². The van der Waals surface area contributed by atoms with Crippen LogP contribution in [0, 0.1) is 0 Å². The van der Waals surface area contributed by atoms with Crippen molar-refractivity contribution >= 4 is 11.4 Å². The molecule has 0 aliphatic carbocycles. The van der Waals surface area contributed by atoms with Crippen LogP contribution in [0.1, 0.15) is 13.3 Å². The third kappa shape index (κ3) is 4.58. The highest BCUT2D eigenvalue weighted by molar-refractivity contribution is 5.51. The van der Waals surface area contributed by atoms with E-state index in [1.807, 2.05) is 0 Å². The molecule has 15 heavy (non-hydrogen) atoms. The second-order valence-corrected chi connectivity index (χ2v) is 3.49. The summed E-state index contributed by atoms with van der Waals surface area (Å²) >= 11 is 0. The highest BCUT2D eigenvalue weighted by Crippen LogP contribution is 2.23. The lowest BCUT2D eigenvalue weighted by Gasteiger charge is -2.16. The Hall–Kier alpha value is -1.39. The SMILES string of the molecule is CC(CC(F)(F)F)Nc1ccc(N)cc1. The Balaban J connectivity index is 2.51. The Kier molecular flexibility index (Phi) is 3.44. The van der Waals surface area contributed by atoms with Gasteiger partial charge in [0.15, 0.2) is 0 Å². The van der Waals surface area contributed by atoms with Crippen LogP contribution in [-0.2, 0) is 0 Å². The van der Waals surface area contributed by atoms with Gasteiger partial charge in [-0.15, -0.1) is 0 Å². The Morgan fingerprint density at radius 1 is 1.27 bits per heavy atom. The lowest BCUT2D eigenvalue weighted by molar-refractivity contribution is -0.136. The van der Waals surface area contributed by atoms with Crippen LogP contribution < -0.4 is 11.1 Å². The fourth-order valence-corrected chi connectivity index (χ4v) is 1.26. The number of rotatable bonds is 3. The smallest absolute Gasteiger partial charge is 0.391 e. The fourth-order valence-electron chi connectivity index (χ4n) is 1.26. The molecule has 0 bridgehead atoms. The van der Waals surface area contributed by atoms with E-state index < -0.39 is 18.6 Å². The Labute approximate surface area is 86.3 Å². The number of hydrogen-bond donors (Lipinski definition) is 2. The zero-order valence-corrected chi connectivity index (χ0v) is 8.31. The predicted octanol–water partition coefficient (Wildman–Crippen LogP) is 3.02. The number of nitrogens with two attached hydrogens (primary N) is 1. The standard InChI is InChI=1S/C10H13F3N2/c1-7(6-10(11,12)13)15-9-4-2-8(14)3-5-9/h2-5,7,15H,6,14H2,1H3.